The summed E-state index contributed by atoms with van der Waals surface area (Å²) in [5, 5.41) is 12.2. The molecule has 1 aromatic rings. The lowest BCUT2D eigenvalue weighted by Crippen LogP contribution is -2.37. The van der Waals surface area contributed by atoms with Crippen LogP contribution in [-0.2, 0) is 14.4 Å². The van der Waals surface area contributed by atoms with Crippen LogP contribution in [-0.4, -0.2) is 35.8 Å². The second kappa shape index (κ2) is 5.09. The smallest absolute Gasteiger partial charge is 0.353 e. The van der Waals surface area contributed by atoms with Gasteiger partial charge in [0.15, 0.2) is 5.71 Å². The van der Waals surface area contributed by atoms with E-state index in [0.717, 1.165) is 11.3 Å². The lowest BCUT2D eigenvalue weighted by molar-refractivity contribution is -0.129. The number of amides is 1. The Kier molecular flexibility index (Phi) is 3.50. The Hall–Kier alpha value is -2.37. The Labute approximate surface area is 110 Å². The van der Waals surface area contributed by atoms with E-state index in [1.165, 1.54) is 4.90 Å². The van der Waals surface area contributed by atoms with Crippen LogP contribution in [0.25, 0.3) is 0 Å². The van der Waals surface area contributed by atoms with Gasteiger partial charge in [0, 0.05) is 19.2 Å². The number of likely N-dealkylation sites (N-methyl/N-ethyl adjacent to an activating group) is 1. The molecule has 2 rings (SSSR count). The van der Waals surface area contributed by atoms with Gasteiger partial charge in [0.1, 0.15) is 0 Å². The van der Waals surface area contributed by atoms with Crippen molar-refractivity contribution in [3.8, 4) is 0 Å². The highest BCUT2D eigenvalue weighted by Crippen LogP contribution is 2.21. The van der Waals surface area contributed by atoms with E-state index in [1.54, 1.807) is 7.05 Å². The number of aliphatic carboxylic acids is 1. The first-order chi connectivity index (χ1) is 9.00. The van der Waals surface area contributed by atoms with E-state index in [9.17, 15) is 9.59 Å². The van der Waals surface area contributed by atoms with Gasteiger partial charge in [-0.2, -0.15) is 0 Å². The molecule has 0 aromatic heterocycles. The molecular formula is C13H14N2O4. The third-order valence-corrected chi connectivity index (χ3v) is 3.00. The van der Waals surface area contributed by atoms with Gasteiger partial charge in [-0.05, 0) is 18.6 Å². The number of carboxylic acid groups (broad SMARTS) is 1. The van der Waals surface area contributed by atoms with Crippen molar-refractivity contribution in [1.29, 1.82) is 0 Å². The average Bonchev–Trinajstić information content (AvgIpc) is 2.87. The zero-order valence-corrected chi connectivity index (χ0v) is 10.7. The summed E-state index contributed by atoms with van der Waals surface area (Å²) in [6.45, 7) is 1.90. The lowest BCUT2D eigenvalue weighted by atomic mass is 10.1. The van der Waals surface area contributed by atoms with Crippen LogP contribution >= 0.6 is 0 Å². The molecule has 100 valence electrons. The molecule has 0 fully saturated rings. The number of carboxylic acids is 1. The topological polar surface area (TPSA) is 79.2 Å². The number of oxime groups is 1. The summed E-state index contributed by atoms with van der Waals surface area (Å²) in [6.07, 6.45) is -0.875. The summed E-state index contributed by atoms with van der Waals surface area (Å²) in [5.41, 5.74) is 1.59. The maximum Gasteiger partial charge on any atom is 0.353 e. The molecule has 0 aliphatic carbocycles. The minimum atomic E-state index is -1.16. The number of carbonyl (C=O) groups is 2. The summed E-state index contributed by atoms with van der Waals surface area (Å²) in [6, 6.07) is 7.44. The second-order valence-corrected chi connectivity index (χ2v) is 4.33. The van der Waals surface area contributed by atoms with Gasteiger partial charge in [-0.15, -0.1) is 0 Å². The highest BCUT2D eigenvalue weighted by molar-refractivity contribution is 6.36. The molecule has 6 heteroatoms. The maximum atomic E-state index is 12.2. The van der Waals surface area contributed by atoms with E-state index in [2.05, 4.69) is 5.16 Å². The summed E-state index contributed by atoms with van der Waals surface area (Å²) < 4.78 is 0. The first-order valence-electron chi connectivity index (χ1n) is 5.80. The lowest BCUT2D eigenvalue weighted by Gasteiger charge is -2.21. The number of anilines is 1. The molecule has 0 radical (unpaired) electrons. The molecular weight excluding hydrogens is 248 g/mol. The van der Waals surface area contributed by atoms with Gasteiger partial charge in [-0.25, -0.2) is 4.79 Å². The summed E-state index contributed by atoms with van der Waals surface area (Å²) in [5.74, 6) is -1.47. The third-order valence-electron chi connectivity index (χ3n) is 3.00. The molecule has 0 saturated heterocycles. The van der Waals surface area contributed by atoms with Crippen molar-refractivity contribution in [3.63, 3.8) is 0 Å². The Morgan fingerprint density at radius 1 is 1.42 bits per heavy atom. The van der Waals surface area contributed by atoms with Crippen molar-refractivity contribution >= 4 is 23.3 Å². The van der Waals surface area contributed by atoms with Crippen molar-refractivity contribution < 1.29 is 19.5 Å². The molecule has 0 bridgehead atoms. The van der Waals surface area contributed by atoms with Crippen LogP contribution in [0.1, 0.15) is 12.0 Å². The molecule has 0 saturated carbocycles. The molecule has 1 unspecified atom stereocenters. The number of hydrogen-bond donors (Lipinski definition) is 1. The van der Waals surface area contributed by atoms with Gasteiger partial charge in [-0.1, -0.05) is 23.4 Å². The minimum absolute atomic E-state index is 0.00954. The van der Waals surface area contributed by atoms with Crippen LogP contribution in [0.2, 0.25) is 0 Å². The first kappa shape index (κ1) is 13.1. The Bertz CT molecular complexity index is 553. The fourth-order valence-corrected chi connectivity index (χ4v) is 1.91. The van der Waals surface area contributed by atoms with Crippen molar-refractivity contribution in [2.24, 2.45) is 5.16 Å². The molecule has 19 heavy (non-hydrogen) atoms. The summed E-state index contributed by atoms with van der Waals surface area (Å²) in [7, 11) is 1.63. The number of hydrogen-bond acceptors (Lipinski definition) is 4. The zero-order valence-electron chi connectivity index (χ0n) is 10.7. The molecule has 1 aliphatic rings. The monoisotopic (exact) mass is 262 g/mol. The first-order valence-corrected chi connectivity index (χ1v) is 5.80. The third kappa shape index (κ3) is 2.57. The fraction of sp³-hybridized carbons (Fsp3) is 0.308. The largest absolute Gasteiger partial charge is 0.477 e. The number of rotatable bonds is 3. The van der Waals surface area contributed by atoms with Gasteiger partial charge >= 0.3 is 5.97 Å². The molecule has 1 N–H and O–H groups in total. The fourth-order valence-electron chi connectivity index (χ4n) is 1.91. The van der Waals surface area contributed by atoms with E-state index in [4.69, 9.17) is 9.94 Å². The number of carbonyl (C=O) groups excluding carboxylic acids is 1. The quantitative estimate of drug-likeness (QED) is 0.887. The van der Waals surface area contributed by atoms with Crippen molar-refractivity contribution in [2.75, 3.05) is 11.9 Å². The molecule has 0 spiro atoms. The highest BCUT2D eigenvalue weighted by Gasteiger charge is 2.33. The minimum Gasteiger partial charge on any atom is -0.477 e. The van der Waals surface area contributed by atoms with Crippen molar-refractivity contribution in [3.05, 3.63) is 29.8 Å². The Morgan fingerprint density at radius 2 is 2.11 bits per heavy atom. The average molecular weight is 262 g/mol. The van der Waals surface area contributed by atoms with E-state index >= 15 is 0 Å². The molecule has 6 nitrogen and oxygen atoms in total. The molecule has 1 aromatic carbocycles. The number of benzene rings is 1. The number of aryl methyl sites for hydroxylation is 1. The number of para-hydroxylation sites is 1. The Morgan fingerprint density at radius 3 is 2.68 bits per heavy atom. The standard InChI is InChI=1S/C13H14N2O4/c1-8-5-3-4-6-10(8)15(2)12(16)11-7-9(13(17)18)14-19-11/h3-6,11H,7H2,1-2H3,(H,17,18). The predicted octanol–water partition coefficient (Wildman–Crippen LogP) is 1.19. The second-order valence-electron chi connectivity index (χ2n) is 4.33. The zero-order chi connectivity index (χ0) is 14.0. The summed E-state index contributed by atoms with van der Waals surface area (Å²) >= 11 is 0. The van der Waals surface area contributed by atoms with Gasteiger partial charge in [0.25, 0.3) is 5.91 Å². The normalized spacial score (nSPS) is 17.6. The van der Waals surface area contributed by atoms with Gasteiger partial charge < -0.3 is 14.8 Å². The van der Waals surface area contributed by atoms with E-state index in [0.29, 0.717) is 0 Å². The van der Waals surface area contributed by atoms with Crippen LogP contribution in [0.4, 0.5) is 5.69 Å². The molecule has 1 aliphatic heterocycles. The van der Waals surface area contributed by atoms with Crippen LogP contribution in [0.5, 0.6) is 0 Å². The van der Waals surface area contributed by atoms with Crippen LogP contribution in [0.15, 0.2) is 29.4 Å². The van der Waals surface area contributed by atoms with Gasteiger partial charge in [0.2, 0.25) is 6.10 Å². The SMILES string of the molecule is Cc1ccccc1N(C)C(=O)C1CC(C(=O)O)=NO1. The van der Waals surface area contributed by atoms with E-state index < -0.39 is 12.1 Å². The molecule has 1 amide bonds. The van der Waals surface area contributed by atoms with Crippen LogP contribution in [0.3, 0.4) is 0 Å². The predicted molar refractivity (Wildman–Crippen MR) is 69.1 cm³/mol. The van der Waals surface area contributed by atoms with E-state index in [1.807, 2.05) is 31.2 Å². The maximum absolute atomic E-state index is 12.2. The van der Waals surface area contributed by atoms with Crippen LogP contribution < -0.4 is 4.90 Å². The van der Waals surface area contributed by atoms with E-state index in [-0.39, 0.29) is 18.0 Å². The van der Waals surface area contributed by atoms with Gasteiger partial charge in [0.05, 0.1) is 0 Å². The van der Waals surface area contributed by atoms with Crippen LogP contribution in [0, 0.1) is 6.92 Å². The van der Waals surface area contributed by atoms with Gasteiger partial charge in [-0.3, -0.25) is 4.79 Å². The van der Waals surface area contributed by atoms with Crippen molar-refractivity contribution in [1.82, 2.24) is 0 Å². The Balaban J connectivity index is 2.10. The van der Waals surface area contributed by atoms with Crippen molar-refractivity contribution in [2.45, 2.75) is 19.4 Å². The highest BCUT2D eigenvalue weighted by atomic mass is 16.6. The number of nitrogens with zero attached hydrogens (tertiary/aromatic N) is 2. The summed E-state index contributed by atoms with van der Waals surface area (Å²) in [4.78, 5) is 29.3. The molecule has 1 heterocycles. The molecule has 1 atom stereocenters.